The Bertz CT molecular complexity index is 936. The van der Waals surface area contributed by atoms with E-state index in [0.29, 0.717) is 0 Å². The number of hydrogen-bond donors (Lipinski definition) is 0. The first-order valence-corrected chi connectivity index (χ1v) is 11.7. The Labute approximate surface area is 177 Å². The third kappa shape index (κ3) is 5.01. The lowest BCUT2D eigenvalue weighted by molar-refractivity contribution is -0.891. The van der Waals surface area contributed by atoms with Crippen LogP contribution in [0.1, 0.15) is 58.1 Å². The van der Waals surface area contributed by atoms with Gasteiger partial charge in [-0.2, -0.15) is 0 Å². The average Bonchev–Trinajstić information content (AvgIpc) is 3.03. The molecule has 29 heavy (non-hydrogen) atoms. The maximum absolute atomic E-state index is 2.59. The van der Waals surface area contributed by atoms with Crippen molar-refractivity contribution in [2.24, 2.45) is 0 Å². The molecule has 3 heteroatoms. The number of quaternary nitrogens is 1. The van der Waals surface area contributed by atoms with Crippen molar-refractivity contribution in [1.82, 2.24) is 4.57 Å². The number of pyridine rings is 1. The molecule has 0 amide bonds. The van der Waals surface area contributed by atoms with Crippen molar-refractivity contribution in [3.8, 4) is 0 Å². The highest BCUT2D eigenvalue weighted by Gasteiger charge is 2.21. The van der Waals surface area contributed by atoms with Crippen LogP contribution in [0.25, 0.3) is 21.8 Å². The lowest BCUT2D eigenvalue weighted by Crippen LogP contribution is -2.43. The first kappa shape index (κ1) is 21.8. The first-order chi connectivity index (χ1) is 14.0. The predicted octanol–water partition coefficient (Wildman–Crippen LogP) is 5.85. The highest BCUT2D eigenvalue weighted by molar-refractivity contribution is 6.08. The molecule has 0 aliphatic heterocycles. The summed E-state index contributed by atoms with van der Waals surface area (Å²) in [6.45, 7) is 11.5. The SMILES string of the molecule is CCCCC[n+]1ccc2c3ccccc3n(CC[N+](C)(C)CCCCC)c2c1C. The molecule has 1 aromatic carbocycles. The standard InChI is InChI=1S/C26H41N3/c1-6-8-12-17-27-18-16-24-23-14-10-11-15-25(23)28(26(24)22(27)3)19-21-29(4,5)20-13-9-7-2/h10-11,14-16,18H,6-9,12-13,17,19-21H2,1-5H3/q+2. The number of nitrogens with zero attached hydrogens (tertiary/aromatic N) is 3. The van der Waals surface area contributed by atoms with Crippen molar-refractivity contribution in [3.63, 3.8) is 0 Å². The molecule has 158 valence electrons. The van der Waals surface area contributed by atoms with Crippen molar-refractivity contribution in [1.29, 1.82) is 0 Å². The molecule has 2 aromatic heterocycles. The normalized spacial score (nSPS) is 12.3. The summed E-state index contributed by atoms with van der Waals surface area (Å²) in [5.74, 6) is 0. The molecular weight excluding hydrogens is 354 g/mol. The second-order valence-electron chi connectivity index (χ2n) is 9.32. The molecule has 3 nitrogen and oxygen atoms in total. The number of para-hydroxylation sites is 1. The smallest absolute Gasteiger partial charge is 0.202 e. The van der Waals surface area contributed by atoms with E-state index in [1.54, 1.807) is 0 Å². The number of rotatable bonds is 11. The van der Waals surface area contributed by atoms with E-state index in [-0.39, 0.29) is 0 Å². The van der Waals surface area contributed by atoms with Crippen LogP contribution in [0.4, 0.5) is 0 Å². The lowest BCUT2D eigenvalue weighted by Gasteiger charge is -2.30. The van der Waals surface area contributed by atoms with Gasteiger partial charge in [0.05, 0.1) is 33.7 Å². The van der Waals surface area contributed by atoms with Gasteiger partial charge in [-0.15, -0.1) is 0 Å². The Morgan fingerprint density at radius 2 is 1.59 bits per heavy atom. The van der Waals surface area contributed by atoms with Crippen LogP contribution in [0.15, 0.2) is 36.5 Å². The molecule has 0 N–H and O–H groups in total. The number of aromatic nitrogens is 2. The van der Waals surface area contributed by atoms with Crippen LogP contribution in [-0.2, 0) is 13.1 Å². The molecule has 0 saturated heterocycles. The van der Waals surface area contributed by atoms with Gasteiger partial charge in [0.1, 0.15) is 12.1 Å². The zero-order valence-electron chi connectivity index (χ0n) is 19.4. The highest BCUT2D eigenvalue weighted by Crippen LogP contribution is 2.30. The number of benzene rings is 1. The van der Waals surface area contributed by atoms with Gasteiger partial charge >= 0.3 is 0 Å². The van der Waals surface area contributed by atoms with Crippen molar-refractivity contribution < 1.29 is 9.05 Å². The van der Waals surface area contributed by atoms with E-state index in [4.69, 9.17) is 0 Å². The van der Waals surface area contributed by atoms with Crippen molar-refractivity contribution in [3.05, 3.63) is 42.2 Å². The number of likely N-dealkylation sites (N-methyl/N-ethyl adjacent to an activating group) is 1. The number of unbranched alkanes of at least 4 members (excludes halogenated alkanes) is 4. The van der Waals surface area contributed by atoms with E-state index in [9.17, 15) is 0 Å². The van der Waals surface area contributed by atoms with Crippen LogP contribution >= 0.6 is 0 Å². The molecule has 0 saturated carbocycles. The fraction of sp³-hybridized carbons (Fsp3) is 0.577. The van der Waals surface area contributed by atoms with Crippen molar-refractivity contribution in [2.75, 3.05) is 27.2 Å². The van der Waals surface area contributed by atoms with Crippen LogP contribution in [0, 0.1) is 6.92 Å². The average molecular weight is 396 g/mol. The van der Waals surface area contributed by atoms with Gasteiger partial charge in [-0.3, -0.25) is 0 Å². The zero-order valence-corrected chi connectivity index (χ0v) is 19.4. The van der Waals surface area contributed by atoms with Crippen molar-refractivity contribution >= 4 is 21.8 Å². The summed E-state index contributed by atoms with van der Waals surface area (Å²) in [4.78, 5) is 0. The van der Waals surface area contributed by atoms with Crippen LogP contribution < -0.4 is 4.57 Å². The summed E-state index contributed by atoms with van der Waals surface area (Å²) < 4.78 is 6.15. The Morgan fingerprint density at radius 1 is 0.862 bits per heavy atom. The topological polar surface area (TPSA) is 8.81 Å². The third-order valence-electron chi connectivity index (χ3n) is 6.50. The van der Waals surface area contributed by atoms with Crippen LogP contribution in [-0.4, -0.2) is 36.2 Å². The number of fused-ring (bicyclic) bond motifs is 3. The van der Waals surface area contributed by atoms with Crippen molar-refractivity contribution in [2.45, 2.75) is 72.4 Å². The summed E-state index contributed by atoms with van der Waals surface area (Å²) in [6.07, 6.45) is 10.1. The Balaban J connectivity index is 1.96. The van der Waals surface area contributed by atoms with E-state index >= 15 is 0 Å². The Morgan fingerprint density at radius 3 is 2.34 bits per heavy atom. The molecule has 0 unspecified atom stereocenters. The maximum Gasteiger partial charge on any atom is 0.202 e. The van der Waals surface area contributed by atoms with Gasteiger partial charge in [-0.1, -0.05) is 44.9 Å². The molecule has 0 radical (unpaired) electrons. The monoisotopic (exact) mass is 395 g/mol. The molecule has 3 rings (SSSR count). The summed E-state index contributed by atoms with van der Waals surface area (Å²) in [6, 6.07) is 11.3. The van der Waals surface area contributed by atoms with Gasteiger partial charge < -0.3 is 9.05 Å². The van der Waals surface area contributed by atoms with Gasteiger partial charge in [0.2, 0.25) is 5.69 Å². The largest absolute Gasteiger partial charge is 0.330 e. The second-order valence-corrected chi connectivity index (χ2v) is 9.32. The fourth-order valence-corrected chi connectivity index (χ4v) is 4.58. The number of aryl methyl sites for hydroxylation is 2. The van der Waals surface area contributed by atoms with Gasteiger partial charge in [0.15, 0.2) is 6.20 Å². The van der Waals surface area contributed by atoms with Gasteiger partial charge in [-0.05, 0) is 25.3 Å². The summed E-state index contributed by atoms with van der Waals surface area (Å²) >= 11 is 0. The summed E-state index contributed by atoms with van der Waals surface area (Å²) in [5.41, 5.74) is 4.22. The van der Waals surface area contributed by atoms with E-state index in [1.165, 1.54) is 79.1 Å². The molecule has 0 fully saturated rings. The van der Waals surface area contributed by atoms with E-state index in [1.807, 2.05) is 0 Å². The fourth-order valence-electron chi connectivity index (χ4n) is 4.58. The molecule has 0 atom stereocenters. The van der Waals surface area contributed by atoms with Crippen LogP contribution in [0.3, 0.4) is 0 Å². The molecule has 3 aromatic rings. The lowest BCUT2D eigenvalue weighted by atomic mass is 10.1. The van der Waals surface area contributed by atoms with Gasteiger partial charge in [0, 0.05) is 35.7 Å². The minimum absolute atomic E-state index is 1.07. The second kappa shape index (κ2) is 9.75. The molecule has 0 aliphatic carbocycles. The molecular formula is C26H41N3+2. The summed E-state index contributed by atoms with van der Waals surface area (Å²) in [7, 11) is 4.78. The highest BCUT2D eigenvalue weighted by atomic mass is 15.3. The summed E-state index contributed by atoms with van der Waals surface area (Å²) in [5, 5.41) is 2.80. The Hall–Kier alpha value is -1.87. The quantitative estimate of drug-likeness (QED) is 0.219. The zero-order chi connectivity index (χ0) is 20.9. The van der Waals surface area contributed by atoms with Crippen LogP contribution in [0.2, 0.25) is 0 Å². The van der Waals surface area contributed by atoms with Crippen LogP contribution in [0.5, 0.6) is 0 Å². The van der Waals surface area contributed by atoms with E-state index < -0.39 is 0 Å². The van der Waals surface area contributed by atoms with E-state index in [2.05, 4.69) is 80.5 Å². The van der Waals surface area contributed by atoms with E-state index in [0.717, 1.165) is 17.6 Å². The number of hydrogen-bond acceptors (Lipinski definition) is 0. The van der Waals surface area contributed by atoms with Gasteiger partial charge in [-0.25, -0.2) is 4.57 Å². The predicted molar refractivity (Wildman–Crippen MR) is 125 cm³/mol. The molecule has 0 spiro atoms. The molecule has 2 heterocycles. The molecule has 0 aliphatic rings. The first-order valence-electron chi connectivity index (χ1n) is 11.7. The minimum atomic E-state index is 1.07. The minimum Gasteiger partial charge on any atom is -0.330 e. The maximum atomic E-state index is 2.59. The van der Waals surface area contributed by atoms with Gasteiger partial charge in [0.25, 0.3) is 0 Å². The molecule has 0 bridgehead atoms. The third-order valence-corrected chi connectivity index (χ3v) is 6.50. The Kier molecular flexibility index (Phi) is 7.34.